The molecule has 154 valence electrons. The molecule has 1 fully saturated rings. The molecular weight excluding hydrogens is 440 g/mol. The van der Waals surface area contributed by atoms with Gasteiger partial charge in [0.25, 0.3) is 0 Å². The van der Waals surface area contributed by atoms with E-state index in [2.05, 4.69) is 20.8 Å². The van der Waals surface area contributed by atoms with Crippen molar-refractivity contribution in [3.8, 4) is 11.5 Å². The smallest absolute Gasteiger partial charge is 0.165 e. The molecule has 6 heteroatoms. The summed E-state index contributed by atoms with van der Waals surface area (Å²) in [5.74, 6) is 0.768. The molecule has 2 aromatic carbocycles. The molecule has 1 saturated heterocycles. The Morgan fingerprint density at radius 3 is 2.79 bits per heavy atom. The monoisotopic (exact) mass is 463 g/mol. The van der Waals surface area contributed by atoms with Gasteiger partial charge in [0.1, 0.15) is 11.9 Å². The quantitative estimate of drug-likeness (QED) is 0.558. The Morgan fingerprint density at radius 1 is 1.17 bits per heavy atom. The third-order valence-electron chi connectivity index (χ3n) is 5.36. The summed E-state index contributed by atoms with van der Waals surface area (Å²) >= 11 is 3.67. The number of fused-ring (bicyclic) bond motifs is 1. The molecule has 0 aromatic heterocycles. The van der Waals surface area contributed by atoms with Gasteiger partial charge in [-0.05, 0) is 36.6 Å². The molecule has 3 nitrogen and oxygen atoms in total. The minimum absolute atomic E-state index is 0.132. The number of halogens is 3. The lowest BCUT2D eigenvalue weighted by molar-refractivity contribution is 0.198. The summed E-state index contributed by atoms with van der Waals surface area (Å²) in [6.07, 6.45) is 2.34. The molecule has 2 aliphatic rings. The molecule has 0 aliphatic carbocycles. The van der Waals surface area contributed by atoms with Crippen molar-refractivity contribution in [2.24, 2.45) is 0 Å². The largest absolute Gasteiger partial charge is 0.489 e. The molecule has 4 rings (SSSR count). The first kappa shape index (κ1) is 20.4. The molecular formula is C23H24BrF2NO2. The summed E-state index contributed by atoms with van der Waals surface area (Å²) in [5.41, 5.74) is 2.68. The molecule has 0 spiro atoms. The summed E-state index contributed by atoms with van der Waals surface area (Å²) < 4.78 is 39.4. The zero-order valence-corrected chi connectivity index (χ0v) is 17.8. The number of para-hydroxylation sites is 1. The summed E-state index contributed by atoms with van der Waals surface area (Å²) in [6, 6.07) is 12.9. The molecule has 2 aliphatic heterocycles. The SMILES string of the molecule is FCCCN1CCC(Oc2ccc(C3=C(Br)CCOc4c(F)cccc43)cc2)C1. The molecule has 1 atom stereocenters. The minimum Gasteiger partial charge on any atom is -0.489 e. The third-order valence-corrected chi connectivity index (χ3v) is 6.15. The number of alkyl halides is 1. The fraction of sp³-hybridized carbons (Fsp3) is 0.391. The molecule has 0 amide bonds. The van der Waals surface area contributed by atoms with Crippen LogP contribution in [0.1, 0.15) is 30.4 Å². The first-order valence-electron chi connectivity index (χ1n) is 10.0. The van der Waals surface area contributed by atoms with Gasteiger partial charge in [-0.2, -0.15) is 0 Å². The molecule has 1 unspecified atom stereocenters. The zero-order chi connectivity index (χ0) is 20.2. The highest BCUT2D eigenvalue weighted by Gasteiger charge is 2.24. The Bertz CT molecular complexity index is 885. The number of hydrogen-bond acceptors (Lipinski definition) is 3. The van der Waals surface area contributed by atoms with Crippen LogP contribution in [-0.4, -0.2) is 43.9 Å². The lowest BCUT2D eigenvalue weighted by Crippen LogP contribution is -2.26. The number of likely N-dealkylation sites (tertiary alicyclic amines) is 1. The van der Waals surface area contributed by atoms with E-state index in [0.29, 0.717) is 25.2 Å². The van der Waals surface area contributed by atoms with Crippen molar-refractivity contribution in [3.05, 3.63) is 63.9 Å². The van der Waals surface area contributed by atoms with E-state index < -0.39 is 0 Å². The summed E-state index contributed by atoms with van der Waals surface area (Å²) in [5, 5.41) is 0. The van der Waals surface area contributed by atoms with Crippen molar-refractivity contribution in [1.82, 2.24) is 4.90 Å². The van der Waals surface area contributed by atoms with Crippen molar-refractivity contribution in [3.63, 3.8) is 0 Å². The fourth-order valence-electron chi connectivity index (χ4n) is 3.95. The van der Waals surface area contributed by atoms with Gasteiger partial charge in [-0.25, -0.2) is 4.39 Å². The molecule has 2 heterocycles. The Balaban J connectivity index is 1.50. The highest BCUT2D eigenvalue weighted by atomic mass is 79.9. The molecule has 0 N–H and O–H groups in total. The van der Waals surface area contributed by atoms with Crippen molar-refractivity contribution in [2.45, 2.75) is 25.4 Å². The van der Waals surface area contributed by atoms with Gasteiger partial charge in [0.2, 0.25) is 0 Å². The standard InChI is InChI=1S/C23H24BrF2NO2/c24-20-10-14-28-23-19(3-1-4-21(23)26)22(20)16-5-7-17(8-6-16)29-18-9-13-27(15-18)12-2-11-25/h1,3-8,18H,2,9-15H2. The molecule has 0 bridgehead atoms. The van der Waals surface area contributed by atoms with E-state index in [1.807, 2.05) is 30.3 Å². The van der Waals surface area contributed by atoms with E-state index in [9.17, 15) is 8.78 Å². The maximum absolute atomic E-state index is 14.3. The van der Waals surface area contributed by atoms with E-state index >= 15 is 0 Å². The van der Waals surface area contributed by atoms with Crippen LogP contribution in [0, 0.1) is 5.82 Å². The van der Waals surface area contributed by atoms with Crippen LogP contribution in [0.4, 0.5) is 8.78 Å². The van der Waals surface area contributed by atoms with Crippen molar-refractivity contribution in [2.75, 3.05) is 32.9 Å². The first-order chi connectivity index (χ1) is 14.2. The van der Waals surface area contributed by atoms with Crippen LogP contribution < -0.4 is 9.47 Å². The fourth-order valence-corrected chi connectivity index (χ4v) is 4.56. The molecule has 0 radical (unpaired) electrons. The van der Waals surface area contributed by atoms with Crippen LogP contribution >= 0.6 is 15.9 Å². The van der Waals surface area contributed by atoms with Crippen molar-refractivity contribution in [1.29, 1.82) is 0 Å². The minimum atomic E-state index is -0.347. The second-order valence-corrected chi connectivity index (χ2v) is 8.35. The van der Waals surface area contributed by atoms with E-state index in [0.717, 1.165) is 53.0 Å². The van der Waals surface area contributed by atoms with E-state index in [1.165, 1.54) is 6.07 Å². The van der Waals surface area contributed by atoms with Gasteiger partial charge in [-0.3, -0.25) is 9.29 Å². The summed E-state index contributed by atoms with van der Waals surface area (Å²) in [7, 11) is 0. The van der Waals surface area contributed by atoms with Crippen LogP contribution in [0.25, 0.3) is 5.57 Å². The second-order valence-electron chi connectivity index (χ2n) is 7.39. The Kier molecular flexibility index (Phi) is 6.50. The Hall–Kier alpha value is -1.92. The number of hydrogen-bond donors (Lipinski definition) is 0. The van der Waals surface area contributed by atoms with Crippen molar-refractivity contribution >= 4 is 21.5 Å². The zero-order valence-electron chi connectivity index (χ0n) is 16.2. The van der Waals surface area contributed by atoms with E-state index in [1.54, 1.807) is 6.07 Å². The first-order valence-corrected chi connectivity index (χ1v) is 10.8. The van der Waals surface area contributed by atoms with Gasteiger partial charge in [-0.15, -0.1) is 0 Å². The second kappa shape index (κ2) is 9.26. The topological polar surface area (TPSA) is 21.7 Å². The van der Waals surface area contributed by atoms with Gasteiger partial charge in [0.05, 0.1) is 13.3 Å². The number of rotatable bonds is 6. The summed E-state index contributed by atoms with van der Waals surface area (Å²) in [4.78, 5) is 2.25. The predicted molar refractivity (Wildman–Crippen MR) is 114 cm³/mol. The van der Waals surface area contributed by atoms with Gasteiger partial charge < -0.3 is 9.47 Å². The third kappa shape index (κ3) is 4.64. The maximum atomic E-state index is 14.3. The average molecular weight is 464 g/mol. The van der Waals surface area contributed by atoms with E-state index in [4.69, 9.17) is 9.47 Å². The number of benzene rings is 2. The van der Waals surface area contributed by atoms with Crippen LogP contribution in [0.3, 0.4) is 0 Å². The van der Waals surface area contributed by atoms with E-state index in [-0.39, 0.29) is 18.6 Å². The molecule has 29 heavy (non-hydrogen) atoms. The van der Waals surface area contributed by atoms with Crippen LogP contribution in [0.15, 0.2) is 46.9 Å². The van der Waals surface area contributed by atoms with Crippen LogP contribution in [-0.2, 0) is 0 Å². The molecule has 0 saturated carbocycles. The highest BCUT2D eigenvalue weighted by molar-refractivity contribution is 9.11. The van der Waals surface area contributed by atoms with Crippen LogP contribution in [0.2, 0.25) is 0 Å². The number of ether oxygens (including phenoxy) is 2. The Labute approximate surface area is 178 Å². The van der Waals surface area contributed by atoms with Gasteiger partial charge in [0.15, 0.2) is 11.6 Å². The number of nitrogens with zero attached hydrogens (tertiary/aromatic N) is 1. The Morgan fingerprint density at radius 2 is 2.00 bits per heavy atom. The predicted octanol–water partition coefficient (Wildman–Crippen LogP) is 5.58. The lowest BCUT2D eigenvalue weighted by Gasteiger charge is -2.17. The highest BCUT2D eigenvalue weighted by Crippen LogP contribution is 2.40. The lowest BCUT2D eigenvalue weighted by atomic mass is 9.96. The van der Waals surface area contributed by atoms with Gasteiger partial charge >= 0.3 is 0 Å². The van der Waals surface area contributed by atoms with Crippen LogP contribution in [0.5, 0.6) is 11.5 Å². The maximum Gasteiger partial charge on any atom is 0.165 e. The summed E-state index contributed by atoms with van der Waals surface area (Å²) in [6.45, 7) is 2.73. The molecule has 2 aromatic rings. The van der Waals surface area contributed by atoms with Gasteiger partial charge in [-0.1, -0.05) is 40.2 Å². The average Bonchev–Trinajstić information content (AvgIpc) is 3.09. The van der Waals surface area contributed by atoms with Crippen molar-refractivity contribution < 1.29 is 18.3 Å². The van der Waals surface area contributed by atoms with Gasteiger partial charge in [0, 0.05) is 41.7 Å². The normalized spacial score (nSPS) is 19.6.